The van der Waals surface area contributed by atoms with Crippen molar-refractivity contribution in [3.63, 3.8) is 0 Å². The molecule has 0 spiro atoms. The largest absolute Gasteiger partial charge is 0.476 e. The number of carboxylic acids is 1. The smallest absolute Gasteiger partial charge is 0.365 e. The van der Waals surface area contributed by atoms with Gasteiger partial charge >= 0.3 is 5.97 Å². The van der Waals surface area contributed by atoms with Gasteiger partial charge in [-0.2, -0.15) is 5.10 Å². The van der Waals surface area contributed by atoms with E-state index in [4.69, 9.17) is 5.11 Å². The van der Waals surface area contributed by atoms with Crippen molar-refractivity contribution in [2.24, 2.45) is 0 Å². The Kier molecular flexibility index (Phi) is 2.51. The Hall–Kier alpha value is -1.69. The van der Waals surface area contributed by atoms with E-state index in [-0.39, 0.29) is 5.01 Å². The van der Waals surface area contributed by atoms with Crippen molar-refractivity contribution in [1.82, 2.24) is 14.8 Å². The van der Waals surface area contributed by atoms with Gasteiger partial charge in [0.1, 0.15) is 0 Å². The molecule has 0 aliphatic carbocycles. The summed E-state index contributed by atoms with van der Waals surface area (Å²) in [5.74, 6) is -0.983. The molecule has 0 fully saturated rings. The van der Waals surface area contributed by atoms with Crippen molar-refractivity contribution in [3.8, 4) is 0 Å². The van der Waals surface area contributed by atoms with Crippen molar-refractivity contribution >= 4 is 17.3 Å². The Morgan fingerprint density at radius 1 is 1.67 bits per heavy atom. The monoisotopic (exact) mass is 223 g/mol. The van der Waals surface area contributed by atoms with Crippen LogP contribution < -0.4 is 0 Å². The fourth-order valence-corrected chi connectivity index (χ4v) is 1.84. The maximum absolute atomic E-state index is 10.6. The SMILES string of the molecule is Cc1ccnn1Cc1csc(C(=O)O)n1. The van der Waals surface area contributed by atoms with Crippen molar-refractivity contribution in [2.75, 3.05) is 0 Å². The lowest BCUT2D eigenvalue weighted by Gasteiger charge is -2.00. The van der Waals surface area contributed by atoms with Crippen LogP contribution in [-0.2, 0) is 6.54 Å². The minimum atomic E-state index is -0.983. The number of thiazole rings is 1. The van der Waals surface area contributed by atoms with Gasteiger partial charge in [0.2, 0.25) is 5.01 Å². The first-order chi connectivity index (χ1) is 7.16. The fourth-order valence-electron chi connectivity index (χ4n) is 1.20. The third kappa shape index (κ3) is 2.04. The Bertz CT molecular complexity index is 489. The number of aromatic carboxylic acids is 1. The molecule has 5 nitrogen and oxygen atoms in total. The van der Waals surface area contributed by atoms with Gasteiger partial charge in [-0.1, -0.05) is 0 Å². The second-order valence-corrected chi connectivity index (χ2v) is 3.94. The molecule has 2 aromatic heterocycles. The van der Waals surface area contributed by atoms with Crippen LogP contribution in [0.5, 0.6) is 0 Å². The molecule has 78 valence electrons. The minimum Gasteiger partial charge on any atom is -0.476 e. The summed E-state index contributed by atoms with van der Waals surface area (Å²) < 4.78 is 1.78. The quantitative estimate of drug-likeness (QED) is 0.853. The number of aromatic nitrogens is 3. The second kappa shape index (κ2) is 3.82. The van der Waals surface area contributed by atoms with Gasteiger partial charge < -0.3 is 5.11 Å². The molecule has 0 aliphatic heterocycles. The molecule has 0 atom stereocenters. The average Bonchev–Trinajstić information content (AvgIpc) is 2.77. The standard InChI is InChI=1S/C9H9N3O2S/c1-6-2-3-10-12(6)4-7-5-15-8(11-7)9(13)14/h2-3,5H,4H2,1H3,(H,13,14). The molecule has 1 N–H and O–H groups in total. The molecular formula is C9H9N3O2S. The summed E-state index contributed by atoms with van der Waals surface area (Å²) in [5.41, 5.74) is 1.75. The molecule has 2 heterocycles. The maximum atomic E-state index is 10.6. The zero-order chi connectivity index (χ0) is 10.8. The van der Waals surface area contributed by atoms with Crippen molar-refractivity contribution in [3.05, 3.63) is 34.0 Å². The Balaban J connectivity index is 2.18. The molecule has 15 heavy (non-hydrogen) atoms. The van der Waals surface area contributed by atoms with Gasteiger partial charge in [-0.15, -0.1) is 11.3 Å². The summed E-state index contributed by atoms with van der Waals surface area (Å²) in [5, 5.41) is 14.7. The van der Waals surface area contributed by atoms with Crippen LogP contribution in [0.3, 0.4) is 0 Å². The molecule has 0 saturated heterocycles. The fraction of sp³-hybridized carbons (Fsp3) is 0.222. The minimum absolute atomic E-state index is 0.120. The number of hydrogen-bond acceptors (Lipinski definition) is 4. The Morgan fingerprint density at radius 3 is 3.00 bits per heavy atom. The zero-order valence-corrected chi connectivity index (χ0v) is 8.86. The summed E-state index contributed by atoms with van der Waals surface area (Å²) in [6, 6.07) is 1.89. The lowest BCUT2D eigenvalue weighted by Crippen LogP contribution is -2.04. The van der Waals surface area contributed by atoms with Crippen LogP contribution in [0.1, 0.15) is 21.2 Å². The summed E-state index contributed by atoms with van der Waals surface area (Å²) in [6.07, 6.45) is 1.71. The molecule has 0 aromatic carbocycles. The van der Waals surface area contributed by atoms with Crippen molar-refractivity contribution in [2.45, 2.75) is 13.5 Å². The summed E-state index contributed by atoms with van der Waals surface area (Å²) in [4.78, 5) is 14.6. The number of nitrogens with zero attached hydrogens (tertiary/aromatic N) is 3. The molecule has 0 bridgehead atoms. The van der Waals surface area contributed by atoms with Crippen molar-refractivity contribution in [1.29, 1.82) is 0 Å². The first kappa shape index (κ1) is 9.85. The molecule has 0 amide bonds. The Morgan fingerprint density at radius 2 is 2.47 bits per heavy atom. The van der Waals surface area contributed by atoms with Crippen LogP contribution in [0, 0.1) is 6.92 Å². The highest BCUT2D eigenvalue weighted by molar-refractivity contribution is 7.11. The summed E-state index contributed by atoms with van der Waals surface area (Å²) >= 11 is 1.13. The van der Waals surface area contributed by atoms with Crippen LogP contribution in [-0.4, -0.2) is 25.8 Å². The maximum Gasteiger partial charge on any atom is 0.365 e. The third-order valence-electron chi connectivity index (χ3n) is 1.98. The molecule has 0 aliphatic rings. The summed E-state index contributed by atoms with van der Waals surface area (Å²) in [7, 11) is 0. The lowest BCUT2D eigenvalue weighted by atomic mass is 10.4. The van der Waals surface area contributed by atoms with Crippen LogP contribution in [0.15, 0.2) is 17.6 Å². The average molecular weight is 223 g/mol. The predicted octanol–water partition coefficient (Wildman–Crippen LogP) is 1.39. The molecule has 2 aromatic rings. The van der Waals surface area contributed by atoms with Gasteiger partial charge in [0.15, 0.2) is 0 Å². The van der Waals surface area contributed by atoms with E-state index in [1.54, 1.807) is 16.3 Å². The van der Waals surface area contributed by atoms with E-state index in [1.807, 2.05) is 13.0 Å². The van der Waals surface area contributed by atoms with Gasteiger partial charge in [-0.05, 0) is 13.0 Å². The van der Waals surface area contributed by atoms with E-state index in [9.17, 15) is 4.79 Å². The van der Waals surface area contributed by atoms with Gasteiger partial charge in [0.05, 0.1) is 12.2 Å². The highest BCUT2D eigenvalue weighted by Gasteiger charge is 2.09. The first-order valence-corrected chi connectivity index (χ1v) is 5.21. The third-order valence-corrected chi connectivity index (χ3v) is 2.85. The van der Waals surface area contributed by atoms with E-state index in [0.717, 1.165) is 22.7 Å². The molecule has 6 heteroatoms. The molecule has 0 saturated carbocycles. The number of aryl methyl sites for hydroxylation is 1. The number of hydrogen-bond donors (Lipinski definition) is 1. The van der Waals surface area contributed by atoms with E-state index in [1.165, 1.54) is 0 Å². The van der Waals surface area contributed by atoms with Gasteiger partial charge in [0, 0.05) is 17.3 Å². The lowest BCUT2D eigenvalue weighted by molar-refractivity contribution is 0.0696. The number of carbonyl (C=O) groups is 1. The van der Waals surface area contributed by atoms with Crippen LogP contribution in [0.2, 0.25) is 0 Å². The highest BCUT2D eigenvalue weighted by atomic mass is 32.1. The van der Waals surface area contributed by atoms with Crippen LogP contribution >= 0.6 is 11.3 Å². The second-order valence-electron chi connectivity index (χ2n) is 3.08. The topological polar surface area (TPSA) is 68.0 Å². The summed E-state index contributed by atoms with van der Waals surface area (Å²) in [6.45, 7) is 2.46. The van der Waals surface area contributed by atoms with Crippen molar-refractivity contribution < 1.29 is 9.90 Å². The van der Waals surface area contributed by atoms with Gasteiger partial charge in [-0.25, -0.2) is 9.78 Å². The molecule has 2 rings (SSSR count). The number of carboxylic acid groups (broad SMARTS) is 1. The molecular weight excluding hydrogens is 214 g/mol. The van der Waals surface area contributed by atoms with Gasteiger partial charge in [-0.3, -0.25) is 4.68 Å². The normalized spacial score (nSPS) is 10.5. The van der Waals surface area contributed by atoms with E-state index in [0.29, 0.717) is 6.54 Å². The first-order valence-electron chi connectivity index (χ1n) is 4.33. The van der Waals surface area contributed by atoms with Gasteiger partial charge in [0.25, 0.3) is 0 Å². The predicted molar refractivity (Wildman–Crippen MR) is 55.1 cm³/mol. The zero-order valence-electron chi connectivity index (χ0n) is 8.04. The van der Waals surface area contributed by atoms with E-state index in [2.05, 4.69) is 10.1 Å². The van der Waals surface area contributed by atoms with Crippen LogP contribution in [0.25, 0.3) is 0 Å². The number of rotatable bonds is 3. The Labute approximate surface area is 90.0 Å². The van der Waals surface area contributed by atoms with E-state index < -0.39 is 5.97 Å². The molecule has 0 radical (unpaired) electrons. The molecule has 0 unspecified atom stereocenters. The van der Waals surface area contributed by atoms with E-state index >= 15 is 0 Å². The van der Waals surface area contributed by atoms with Crippen LogP contribution in [0.4, 0.5) is 0 Å². The highest BCUT2D eigenvalue weighted by Crippen LogP contribution is 2.11.